The van der Waals surface area contributed by atoms with E-state index in [-0.39, 0.29) is 23.0 Å². The lowest BCUT2D eigenvalue weighted by molar-refractivity contribution is 0.678. The van der Waals surface area contributed by atoms with E-state index in [0.29, 0.717) is 0 Å². The van der Waals surface area contributed by atoms with E-state index in [1.165, 1.54) is 0 Å². The SMILES string of the molecule is Br.CCC(N)c1cnc(C)[nH]1. The smallest absolute Gasteiger partial charge is 0.103 e. The second-order valence-corrected chi connectivity index (χ2v) is 2.44. The molecule has 11 heavy (non-hydrogen) atoms. The molecule has 1 unspecified atom stereocenters. The minimum absolute atomic E-state index is 0. The predicted molar refractivity (Wildman–Crippen MR) is 50.9 cm³/mol. The third-order valence-corrected chi connectivity index (χ3v) is 1.56. The van der Waals surface area contributed by atoms with Gasteiger partial charge >= 0.3 is 0 Å². The molecule has 0 aliphatic carbocycles. The maximum Gasteiger partial charge on any atom is 0.103 e. The van der Waals surface area contributed by atoms with Crippen molar-refractivity contribution in [3.8, 4) is 0 Å². The molecular formula is C7H14BrN3. The molecule has 0 saturated carbocycles. The van der Waals surface area contributed by atoms with E-state index in [2.05, 4.69) is 16.9 Å². The summed E-state index contributed by atoms with van der Waals surface area (Å²) in [5.41, 5.74) is 6.76. The van der Waals surface area contributed by atoms with Gasteiger partial charge in [0.05, 0.1) is 5.69 Å². The first-order valence-electron chi connectivity index (χ1n) is 3.51. The maximum atomic E-state index is 5.74. The van der Waals surface area contributed by atoms with Gasteiger partial charge < -0.3 is 10.7 Å². The number of hydrogen-bond acceptors (Lipinski definition) is 2. The Morgan fingerprint density at radius 2 is 2.36 bits per heavy atom. The number of hydrogen-bond donors (Lipinski definition) is 2. The number of nitrogens with two attached hydrogens (primary N) is 1. The molecule has 0 radical (unpaired) electrons. The van der Waals surface area contributed by atoms with Gasteiger partial charge in [-0.1, -0.05) is 6.92 Å². The van der Waals surface area contributed by atoms with Gasteiger partial charge in [-0.2, -0.15) is 0 Å². The number of aromatic nitrogens is 2. The average Bonchev–Trinajstić information content (AvgIpc) is 2.34. The molecule has 3 nitrogen and oxygen atoms in total. The minimum Gasteiger partial charge on any atom is -0.345 e. The van der Waals surface area contributed by atoms with Crippen LogP contribution in [0.5, 0.6) is 0 Å². The Hall–Kier alpha value is -0.350. The van der Waals surface area contributed by atoms with E-state index >= 15 is 0 Å². The van der Waals surface area contributed by atoms with Gasteiger partial charge in [-0.05, 0) is 13.3 Å². The van der Waals surface area contributed by atoms with Crippen LogP contribution in [-0.2, 0) is 0 Å². The summed E-state index contributed by atoms with van der Waals surface area (Å²) in [6.07, 6.45) is 2.74. The van der Waals surface area contributed by atoms with Crippen LogP contribution in [0.4, 0.5) is 0 Å². The highest BCUT2D eigenvalue weighted by atomic mass is 79.9. The lowest BCUT2D eigenvalue weighted by Gasteiger charge is -2.03. The lowest BCUT2D eigenvalue weighted by Crippen LogP contribution is -2.08. The van der Waals surface area contributed by atoms with Gasteiger partial charge in [-0.15, -0.1) is 17.0 Å². The van der Waals surface area contributed by atoms with Crippen LogP contribution in [0.2, 0.25) is 0 Å². The highest BCUT2D eigenvalue weighted by Crippen LogP contribution is 2.09. The number of rotatable bonds is 2. The van der Waals surface area contributed by atoms with Gasteiger partial charge in [0.2, 0.25) is 0 Å². The molecule has 1 heterocycles. The van der Waals surface area contributed by atoms with Crippen molar-refractivity contribution >= 4 is 17.0 Å². The zero-order valence-electron chi connectivity index (χ0n) is 6.79. The number of H-pyrrole nitrogens is 1. The largest absolute Gasteiger partial charge is 0.345 e. The van der Waals surface area contributed by atoms with Crippen LogP contribution in [0.1, 0.15) is 30.9 Å². The Kier molecular flexibility index (Phi) is 4.37. The third-order valence-electron chi connectivity index (χ3n) is 1.56. The zero-order valence-corrected chi connectivity index (χ0v) is 8.51. The van der Waals surface area contributed by atoms with Crippen molar-refractivity contribution in [3.63, 3.8) is 0 Å². The summed E-state index contributed by atoms with van der Waals surface area (Å²) in [5, 5.41) is 0. The Labute approximate surface area is 77.2 Å². The molecule has 1 atom stereocenters. The average molecular weight is 220 g/mol. The number of halogens is 1. The molecule has 1 aromatic heterocycles. The van der Waals surface area contributed by atoms with Crippen LogP contribution >= 0.6 is 17.0 Å². The van der Waals surface area contributed by atoms with Crippen molar-refractivity contribution in [3.05, 3.63) is 17.7 Å². The van der Waals surface area contributed by atoms with Crippen LogP contribution in [0.3, 0.4) is 0 Å². The summed E-state index contributed by atoms with van der Waals surface area (Å²) in [6, 6.07) is 0.112. The number of aromatic amines is 1. The fourth-order valence-electron chi connectivity index (χ4n) is 0.848. The monoisotopic (exact) mass is 219 g/mol. The topological polar surface area (TPSA) is 54.7 Å². The Morgan fingerprint density at radius 3 is 2.73 bits per heavy atom. The first kappa shape index (κ1) is 10.7. The van der Waals surface area contributed by atoms with Crippen molar-refractivity contribution in [1.82, 2.24) is 9.97 Å². The van der Waals surface area contributed by atoms with Crippen molar-refractivity contribution in [2.24, 2.45) is 5.73 Å². The molecule has 1 aromatic rings. The molecule has 0 spiro atoms. The van der Waals surface area contributed by atoms with Crippen LogP contribution in [0.15, 0.2) is 6.20 Å². The van der Waals surface area contributed by atoms with Gasteiger partial charge in [0.1, 0.15) is 5.82 Å². The zero-order chi connectivity index (χ0) is 7.56. The second kappa shape index (κ2) is 4.51. The fraction of sp³-hybridized carbons (Fsp3) is 0.571. The number of aryl methyl sites for hydroxylation is 1. The maximum absolute atomic E-state index is 5.74. The van der Waals surface area contributed by atoms with Gasteiger partial charge in [0, 0.05) is 12.2 Å². The van der Waals surface area contributed by atoms with E-state index in [4.69, 9.17) is 5.73 Å². The van der Waals surface area contributed by atoms with Crippen molar-refractivity contribution in [2.45, 2.75) is 26.3 Å². The van der Waals surface area contributed by atoms with E-state index < -0.39 is 0 Å². The standard InChI is InChI=1S/C7H13N3.BrH/c1-3-6(8)7-4-9-5(2)10-7;/h4,6H,3,8H2,1-2H3,(H,9,10);1H. The molecule has 0 aliphatic rings. The Morgan fingerprint density at radius 1 is 1.73 bits per heavy atom. The molecular weight excluding hydrogens is 206 g/mol. The first-order valence-corrected chi connectivity index (χ1v) is 3.51. The van der Waals surface area contributed by atoms with E-state index in [1.54, 1.807) is 6.20 Å². The van der Waals surface area contributed by atoms with Crippen molar-refractivity contribution in [1.29, 1.82) is 0 Å². The molecule has 0 aromatic carbocycles. The summed E-state index contributed by atoms with van der Waals surface area (Å²) in [6.45, 7) is 3.98. The second-order valence-electron chi connectivity index (χ2n) is 2.44. The molecule has 0 amide bonds. The predicted octanol–water partition coefficient (Wildman–Crippen LogP) is 1.71. The highest BCUT2D eigenvalue weighted by Gasteiger charge is 2.03. The minimum atomic E-state index is 0. The van der Waals surface area contributed by atoms with Gasteiger partial charge in [-0.25, -0.2) is 4.98 Å². The molecule has 0 saturated heterocycles. The molecule has 0 aliphatic heterocycles. The molecule has 64 valence electrons. The van der Waals surface area contributed by atoms with E-state index in [9.17, 15) is 0 Å². The molecule has 1 rings (SSSR count). The summed E-state index contributed by atoms with van der Waals surface area (Å²) < 4.78 is 0. The van der Waals surface area contributed by atoms with Crippen LogP contribution in [0.25, 0.3) is 0 Å². The number of nitrogens with zero attached hydrogens (tertiary/aromatic N) is 1. The number of imidazole rings is 1. The van der Waals surface area contributed by atoms with Crippen molar-refractivity contribution < 1.29 is 0 Å². The van der Waals surface area contributed by atoms with Gasteiger partial charge in [0.15, 0.2) is 0 Å². The van der Waals surface area contributed by atoms with E-state index in [1.807, 2.05) is 6.92 Å². The summed E-state index contributed by atoms with van der Waals surface area (Å²) >= 11 is 0. The highest BCUT2D eigenvalue weighted by molar-refractivity contribution is 8.93. The van der Waals surface area contributed by atoms with Crippen LogP contribution < -0.4 is 5.73 Å². The normalized spacial score (nSPS) is 12.3. The molecule has 0 fully saturated rings. The molecule has 4 heteroatoms. The van der Waals surface area contributed by atoms with Gasteiger partial charge in [-0.3, -0.25) is 0 Å². The summed E-state index contributed by atoms with van der Waals surface area (Å²) in [4.78, 5) is 7.14. The fourth-order valence-corrected chi connectivity index (χ4v) is 0.848. The first-order chi connectivity index (χ1) is 4.74. The number of nitrogens with one attached hydrogen (secondary N) is 1. The Bertz CT molecular complexity index is 209. The lowest BCUT2D eigenvalue weighted by atomic mass is 10.2. The Balaban J connectivity index is 0.000001000. The van der Waals surface area contributed by atoms with Crippen LogP contribution in [-0.4, -0.2) is 9.97 Å². The molecule has 0 bridgehead atoms. The molecule has 3 N–H and O–H groups in total. The van der Waals surface area contributed by atoms with Crippen molar-refractivity contribution in [2.75, 3.05) is 0 Å². The van der Waals surface area contributed by atoms with Crippen LogP contribution in [0, 0.1) is 6.92 Å². The summed E-state index contributed by atoms with van der Waals surface area (Å²) in [5.74, 6) is 0.930. The quantitative estimate of drug-likeness (QED) is 0.796. The summed E-state index contributed by atoms with van der Waals surface area (Å²) in [7, 11) is 0. The van der Waals surface area contributed by atoms with Gasteiger partial charge in [0.25, 0.3) is 0 Å². The van der Waals surface area contributed by atoms with E-state index in [0.717, 1.165) is 17.9 Å². The third kappa shape index (κ3) is 2.63.